The molecule has 0 aliphatic heterocycles. The van der Waals surface area contributed by atoms with Gasteiger partial charge in [-0.05, 0) is 54.6 Å². The van der Waals surface area contributed by atoms with Gasteiger partial charge in [-0.15, -0.1) is 0 Å². The van der Waals surface area contributed by atoms with E-state index in [0.29, 0.717) is 10.8 Å². The molecule has 34 heavy (non-hydrogen) atoms. The fourth-order valence-electron chi connectivity index (χ4n) is 3.13. The topological polar surface area (TPSA) is 111 Å². The van der Waals surface area contributed by atoms with Crippen LogP contribution >= 0.6 is 11.6 Å². The molecule has 2 aromatic heterocycles. The zero-order valence-corrected chi connectivity index (χ0v) is 19.2. The van der Waals surface area contributed by atoms with Crippen LogP contribution in [0.2, 0.25) is 5.02 Å². The van der Waals surface area contributed by atoms with Crippen LogP contribution < -0.4 is 15.0 Å². The van der Waals surface area contributed by atoms with Gasteiger partial charge >= 0.3 is 0 Å². The molecule has 4 aromatic rings. The summed E-state index contributed by atoms with van der Waals surface area (Å²) in [6, 6.07) is 18.6. The summed E-state index contributed by atoms with van der Waals surface area (Å²) in [6.45, 7) is 0. The molecule has 0 spiro atoms. The Morgan fingerprint density at radius 3 is 2.41 bits per heavy atom. The van der Waals surface area contributed by atoms with E-state index in [2.05, 4.69) is 4.98 Å². The van der Waals surface area contributed by atoms with Gasteiger partial charge in [0.05, 0.1) is 12.0 Å². The van der Waals surface area contributed by atoms with E-state index in [9.17, 15) is 18.5 Å². The lowest BCUT2D eigenvalue weighted by Crippen LogP contribution is -2.19. The molecule has 0 bridgehead atoms. The van der Waals surface area contributed by atoms with E-state index < -0.39 is 20.3 Å². The Labute approximate surface area is 199 Å². The van der Waals surface area contributed by atoms with E-state index in [-0.39, 0.29) is 27.7 Å². The van der Waals surface area contributed by atoms with Gasteiger partial charge < -0.3 is 9.47 Å². The number of allylic oxidation sites excluding steroid dienone is 1. The predicted molar refractivity (Wildman–Crippen MR) is 127 cm³/mol. The van der Waals surface area contributed by atoms with Crippen molar-refractivity contribution in [2.75, 3.05) is 7.11 Å². The highest BCUT2D eigenvalue weighted by atomic mass is 35.5. The largest absolute Gasteiger partial charge is 0.493 e. The molecule has 0 unspecified atom stereocenters. The Morgan fingerprint density at radius 2 is 1.74 bits per heavy atom. The molecule has 0 atom stereocenters. The lowest BCUT2D eigenvalue weighted by molar-refractivity contribution is 0.374. The second kappa shape index (κ2) is 9.39. The quantitative estimate of drug-likeness (QED) is 0.364. The minimum absolute atomic E-state index is 0.147. The molecule has 0 aliphatic rings. The summed E-state index contributed by atoms with van der Waals surface area (Å²) in [7, 11) is -2.80. The second-order valence-corrected chi connectivity index (χ2v) is 9.25. The van der Waals surface area contributed by atoms with Crippen LogP contribution in [-0.4, -0.2) is 24.9 Å². The Hall–Kier alpha value is -4.13. The first kappa shape index (κ1) is 23.0. The number of hydrogen-bond acceptors (Lipinski definition) is 7. The smallest absolute Gasteiger partial charge is 0.269 e. The van der Waals surface area contributed by atoms with Crippen LogP contribution in [0, 0.1) is 11.3 Å². The van der Waals surface area contributed by atoms with Crippen molar-refractivity contribution in [2.24, 2.45) is 0 Å². The zero-order chi connectivity index (χ0) is 24.3. The number of halogens is 1. The van der Waals surface area contributed by atoms with E-state index in [1.807, 2.05) is 0 Å². The molecule has 8 nitrogen and oxygen atoms in total. The second-order valence-electron chi connectivity index (χ2n) is 6.90. The first-order chi connectivity index (χ1) is 16.3. The number of aromatic nitrogens is 2. The van der Waals surface area contributed by atoms with E-state index in [1.54, 1.807) is 48.5 Å². The van der Waals surface area contributed by atoms with Gasteiger partial charge in [-0.1, -0.05) is 29.8 Å². The molecule has 170 valence electrons. The van der Waals surface area contributed by atoms with Crippen molar-refractivity contribution in [3.8, 4) is 23.4 Å². The highest BCUT2D eigenvalue weighted by Gasteiger charge is 2.24. The monoisotopic (exact) mass is 493 g/mol. The molecule has 0 N–H and O–H groups in total. The summed E-state index contributed by atoms with van der Waals surface area (Å²) in [5, 5.41) is 10.0. The van der Waals surface area contributed by atoms with Crippen molar-refractivity contribution >= 4 is 33.2 Å². The third-order valence-corrected chi connectivity index (χ3v) is 6.74. The van der Waals surface area contributed by atoms with E-state index in [1.165, 1.54) is 42.0 Å². The number of benzene rings is 2. The highest BCUT2D eigenvalue weighted by Crippen LogP contribution is 2.32. The van der Waals surface area contributed by atoms with Crippen molar-refractivity contribution in [2.45, 2.75) is 4.90 Å². The number of sulfone groups is 1. The maximum absolute atomic E-state index is 13.3. The Morgan fingerprint density at radius 1 is 1.06 bits per heavy atom. The van der Waals surface area contributed by atoms with Crippen LogP contribution in [0.5, 0.6) is 17.4 Å². The van der Waals surface area contributed by atoms with Crippen LogP contribution in [0.15, 0.2) is 87.5 Å². The minimum atomic E-state index is -4.25. The molecular weight excluding hydrogens is 478 g/mol. The lowest BCUT2D eigenvalue weighted by atomic mass is 10.2. The molecule has 0 radical (unpaired) electrons. The normalized spacial score (nSPS) is 11.7. The zero-order valence-electron chi connectivity index (χ0n) is 17.7. The van der Waals surface area contributed by atoms with Crippen molar-refractivity contribution in [3.63, 3.8) is 0 Å². The van der Waals surface area contributed by atoms with Crippen molar-refractivity contribution < 1.29 is 17.9 Å². The summed E-state index contributed by atoms with van der Waals surface area (Å²) in [5.41, 5.74) is -0.563. The standard InChI is InChI=1S/C24H16ClN3O5S/c1-32-20-6-2-3-7-21(20)33-23-19(24(29)28-13-5-4-8-22(28)27-23)14-18(15-26)34(30,31)17-11-9-16(25)10-12-17/h2-14H,1H3. The van der Waals surface area contributed by atoms with E-state index in [0.717, 1.165) is 6.08 Å². The summed E-state index contributed by atoms with van der Waals surface area (Å²) in [4.78, 5) is 16.9. The van der Waals surface area contributed by atoms with Crippen LogP contribution in [0.1, 0.15) is 5.56 Å². The summed E-state index contributed by atoms with van der Waals surface area (Å²) in [6.07, 6.45) is 2.44. The third kappa shape index (κ3) is 4.37. The van der Waals surface area contributed by atoms with E-state index >= 15 is 0 Å². The summed E-state index contributed by atoms with van der Waals surface area (Å²) in [5.74, 6) is 0.451. The number of nitrogens with zero attached hydrogens (tertiary/aromatic N) is 3. The number of methoxy groups -OCH3 is 1. The molecule has 0 saturated carbocycles. The molecule has 2 aromatic carbocycles. The number of hydrogen-bond donors (Lipinski definition) is 0. The van der Waals surface area contributed by atoms with Gasteiger partial charge in [0.1, 0.15) is 22.2 Å². The number of fused-ring (bicyclic) bond motifs is 1. The Bertz CT molecular complexity index is 1620. The van der Waals surface area contributed by atoms with Crippen LogP contribution in [-0.2, 0) is 9.84 Å². The van der Waals surface area contributed by atoms with E-state index in [4.69, 9.17) is 21.1 Å². The van der Waals surface area contributed by atoms with Gasteiger partial charge in [0.15, 0.2) is 11.5 Å². The number of pyridine rings is 1. The average molecular weight is 494 g/mol. The first-order valence-electron chi connectivity index (χ1n) is 9.80. The fourth-order valence-corrected chi connectivity index (χ4v) is 4.40. The molecule has 2 heterocycles. The maximum Gasteiger partial charge on any atom is 0.269 e. The minimum Gasteiger partial charge on any atom is -0.493 e. The molecule has 4 rings (SSSR count). The molecular formula is C24H16ClN3O5S. The van der Waals surface area contributed by atoms with Crippen LogP contribution in [0.25, 0.3) is 11.7 Å². The van der Waals surface area contributed by atoms with Gasteiger partial charge in [-0.3, -0.25) is 9.20 Å². The number of ether oxygens (including phenoxy) is 2. The predicted octanol–water partition coefficient (Wildman–Crippen LogP) is 4.49. The van der Waals surface area contributed by atoms with Gasteiger partial charge in [-0.2, -0.15) is 10.2 Å². The first-order valence-corrected chi connectivity index (χ1v) is 11.7. The third-order valence-electron chi connectivity index (χ3n) is 4.81. The summed E-state index contributed by atoms with van der Waals surface area (Å²) >= 11 is 5.85. The Kier molecular flexibility index (Phi) is 6.36. The highest BCUT2D eigenvalue weighted by molar-refractivity contribution is 7.95. The lowest BCUT2D eigenvalue weighted by Gasteiger charge is -2.12. The molecule has 0 aliphatic carbocycles. The average Bonchev–Trinajstić information content (AvgIpc) is 2.84. The number of para-hydroxylation sites is 2. The SMILES string of the molecule is COc1ccccc1Oc1nc2ccccn2c(=O)c1C=C(C#N)S(=O)(=O)c1ccc(Cl)cc1. The van der Waals surface area contributed by atoms with Gasteiger partial charge in [0.2, 0.25) is 15.7 Å². The molecule has 0 saturated heterocycles. The number of rotatable bonds is 6. The molecule has 0 amide bonds. The maximum atomic E-state index is 13.3. The Balaban J connectivity index is 1.94. The van der Waals surface area contributed by atoms with Gasteiger partial charge in [0.25, 0.3) is 5.56 Å². The van der Waals surface area contributed by atoms with Crippen LogP contribution in [0.4, 0.5) is 0 Å². The number of nitriles is 1. The van der Waals surface area contributed by atoms with Gasteiger partial charge in [-0.25, -0.2) is 8.42 Å². The fraction of sp³-hybridized carbons (Fsp3) is 0.0417. The van der Waals surface area contributed by atoms with Crippen molar-refractivity contribution in [1.82, 2.24) is 9.38 Å². The summed E-state index contributed by atoms with van der Waals surface area (Å²) < 4.78 is 38.6. The van der Waals surface area contributed by atoms with Crippen molar-refractivity contribution in [1.29, 1.82) is 5.26 Å². The molecule has 10 heteroatoms. The van der Waals surface area contributed by atoms with Crippen molar-refractivity contribution in [3.05, 3.63) is 98.8 Å². The molecule has 0 fully saturated rings. The van der Waals surface area contributed by atoms with Crippen LogP contribution in [0.3, 0.4) is 0 Å². The van der Waals surface area contributed by atoms with Gasteiger partial charge in [0, 0.05) is 11.2 Å².